The van der Waals surface area contributed by atoms with Gasteiger partial charge in [-0.25, -0.2) is 9.78 Å². The van der Waals surface area contributed by atoms with Crippen LogP contribution in [0.3, 0.4) is 0 Å². The Hall–Kier alpha value is -2.89. The predicted octanol–water partition coefficient (Wildman–Crippen LogP) is 3.60. The molecule has 1 aliphatic heterocycles. The number of hydrogen-bond donors (Lipinski definition) is 0. The Kier molecular flexibility index (Phi) is 5.15. The molecule has 2 aromatic heterocycles. The van der Waals surface area contributed by atoms with Crippen LogP contribution in [0.4, 0.5) is 0 Å². The molecule has 3 heterocycles. The first-order chi connectivity index (χ1) is 14.7. The fraction of sp³-hybridized carbons (Fsp3) is 0.458. The van der Waals surface area contributed by atoms with Gasteiger partial charge in [-0.3, -0.25) is 13.9 Å². The number of pyridine rings is 1. The van der Waals surface area contributed by atoms with Gasteiger partial charge in [-0.05, 0) is 43.4 Å². The van der Waals surface area contributed by atoms with Gasteiger partial charge in [0.05, 0.1) is 18.1 Å². The van der Waals surface area contributed by atoms with Crippen LogP contribution in [0.25, 0.3) is 11.2 Å². The fourth-order valence-electron chi connectivity index (χ4n) is 5.15. The van der Waals surface area contributed by atoms with E-state index in [4.69, 9.17) is 0 Å². The molecule has 0 N–H and O–H groups in total. The van der Waals surface area contributed by atoms with Crippen LogP contribution in [-0.2, 0) is 11.3 Å². The van der Waals surface area contributed by atoms with Gasteiger partial charge in [-0.15, -0.1) is 0 Å². The fourth-order valence-corrected chi connectivity index (χ4v) is 5.15. The highest BCUT2D eigenvalue weighted by molar-refractivity contribution is 5.79. The lowest BCUT2D eigenvalue weighted by Gasteiger charge is -2.34. The number of carbonyl (C=O) groups is 1. The van der Waals surface area contributed by atoms with Crippen molar-refractivity contribution in [3.05, 3.63) is 64.7 Å². The van der Waals surface area contributed by atoms with E-state index in [1.165, 1.54) is 0 Å². The molecule has 2 fully saturated rings. The first-order valence-corrected chi connectivity index (χ1v) is 11.1. The molecule has 3 aromatic rings. The van der Waals surface area contributed by atoms with Crippen molar-refractivity contribution < 1.29 is 4.79 Å². The van der Waals surface area contributed by atoms with Gasteiger partial charge in [0.1, 0.15) is 0 Å². The Balaban J connectivity index is 1.48. The van der Waals surface area contributed by atoms with Crippen molar-refractivity contribution in [3.8, 4) is 0 Å². The van der Waals surface area contributed by atoms with Crippen LogP contribution >= 0.6 is 0 Å². The SMILES string of the molecule is O=C(C1CCCC1)N1CCC[C@H](n2c(=O)n(Cc3ccccc3)c3cccnc32)C1. The Morgan fingerprint density at radius 1 is 1.00 bits per heavy atom. The molecule has 156 valence electrons. The number of likely N-dealkylation sites (tertiary alicyclic amines) is 1. The molecule has 0 bridgehead atoms. The number of aromatic nitrogens is 3. The van der Waals surface area contributed by atoms with Gasteiger partial charge in [0, 0.05) is 25.2 Å². The van der Waals surface area contributed by atoms with Gasteiger partial charge in [0.2, 0.25) is 5.91 Å². The average molecular weight is 405 g/mol. The van der Waals surface area contributed by atoms with E-state index in [2.05, 4.69) is 4.98 Å². The summed E-state index contributed by atoms with van der Waals surface area (Å²) >= 11 is 0. The van der Waals surface area contributed by atoms with Gasteiger partial charge >= 0.3 is 5.69 Å². The smallest absolute Gasteiger partial charge is 0.330 e. The summed E-state index contributed by atoms with van der Waals surface area (Å²) in [6.45, 7) is 1.93. The summed E-state index contributed by atoms with van der Waals surface area (Å²) in [7, 11) is 0. The molecule has 0 radical (unpaired) electrons. The molecule has 0 unspecified atom stereocenters. The second-order valence-electron chi connectivity index (χ2n) is 8.63. The second-order valence-corrected chi connectivity index (χ2v) is 8.63. The zero-order chi connectivity index (χ0) is 20.5. The van der Waals surface area contributed by atoms with Gasteiger partial charge in [0.15, 0.2) is 5.65 Å². The maximum atomic E-state index is 13.5. The lowest BCUT2D eigenvalue weighted by atomic mass is 10.0. The van der Waals surface area contributed by atoms with E-state index in [9.17, 15) is 9.59 Å². The quantitative estimate of drug-likeness (QED) is 0.668. The summed E-state index contributed by atoms with van der Waals surface area (Å²) in [5.74, 6) is 0.462. The Morgan fingerprint density at radius 3 is 2.60 bits per heavy atom. The third kappa shape index (κ3) is 3.44. The highest BCUT2D eigenvalue weighted by Crippen LogP contribution is 2.30. The van der Waals surface area contributed by atoms with Gasteiger partial charge in [-0.2, -0.15) is 0 Å². The first kappa shape index (κ1) is 19.1. The molecule has 1 amide bonds. The number of carbonyl (C=O) groups excluding carboxylic acids is 1. The first-order valence-electron chi connectivity index (χ1n) is 11.1. The summed E-state index contributed by atoms with van der Waals surface area (Å²) in [4.78, 5) is 33.1. The topological polar surface area (TPSA) is 60.1 Å². The minimum Gasteiger partial charge on any atom is -0.340 e. The van der Waals surface area contributed by atoms with E-state index in [0.29, 0.717) is 13.1 Å². The molecule has 6 heteroatoms. The van der Waals surface area contributed by atoms with Crippen LogP contribution in [0.5, 0.6) is 0 Å². The minimum atomic E-state index is -0.0345. The lowest BCUT2D eigenvalue weighted by Crippen LogP contribution is -2.45. The summed E-state index contributed by atoms with van der Waals surface area (Å²) < 4.78 is 3.65. The zero-order valence-electron chi connectivity index (χ0n) is 17.2. The molecule has 1 saturated carbocycles. The molecule has 1 atom stereocenters. The van der Waals surface area contributed by atoms with Crippen molar-refractivity contribution in [2.24, 2.45) is 5.92 Å². The van der Waals surface area contributed by atoms with Crippen LogP contribution in [-0.4, -0.2) is 38.0 Å². The van der Waals surface area contributed by atoms with E-state index < -0.39 is 0 Å². The number of nitrogens with zero attached hydrogens (tertiary/aromatic N) is 4. The number of amides is 1. The van der Waals surface area contributed by atoms with Crippen LogP contribution in [0.2, 0.25) is 0 Å². The van der Waals surface area contributed by atoms with Crippen molar-refractivity contribution in [2.45, 2.75) is 51.1 Å². The zero-order valence-corrected chi connectivity index (χ0v) is 17.2. The average Bonchev–Trinajstić information content (AvgIpc) is 3.42. The molecule has 1 aliphatic carbocycles. The van der Waals surface area contributed by atoms with Gasteiger partial charge in [-0.1, -0.05) is 43.2 Å². The standard InChI is InChI=1S/C24H28N4O2/c29-23(19-10-4-5-11-19)26-15-7-12-20(17-26)28-22-21(13-6-14-25-22)27(24(28)30)16-18-8-2-1-3-9-18/h1-3,6,8-9,13-14,19-20H,4-5,7,10-12,15-17H2/t20-/m0/s1. The Labute approximate surface area is 176 Å². The van der Waals surface area contributed by atoms with Crippen LogP contribution in [0, 0.1) is 5.92 Å². The van der Waals surface area contributed by atoms with Crippen LogP contribution in [0.15, 0.2) is 53.5 Å². The molecule has 0 spiro atoms. The third-order valence-electron chi connectivity index (χ3n) is 6.68. The molecule has 2 aliphatic rings. The van der Waals surface area contributed by atoms with E-state index in [0.717, 1.165) is 61.8 Å². The number of hydrogen-bond acceptors (Lipinski definition) is 3. The van der Waals surface area contributed by atoms with Crippen molar-refractivity contribution in [1.82, 2.24) is 19.0 Å². The summed E-state index contributed by atoms with van der Waals surface area (Å²) in [6, 6.07) is 13.9. The minimum absolute atomic E-state index is 0.0222. The maximum absolute atomic E-state index is 13.5. The number of benzene rings is 1. The number of imidazole rings is 1. The highest BCUT2D eigenvalue weighted by atomic mass is 16.2. The Morgan fingerprint density at radius 2 is 1.80 bits per heavy atom. The molecule has 6 nitrogen and oxygen atoms in total. The normalized spacial score (nSPS) is 20.1. The Bertz CT molecular complexity index is 1100. The number of fused-ring (bicyclic) bond motifs is 1. The van der Waals surface area contributed by atoms with Crippen molar-refractivity contribution in [3.63, 3.8) is 0 Å². The van der Waals surface area contributed by atoms with E-state index in [1.54, 1.807) is 6.20 Å². The van der Waals surface area contributed by atoms with E-state index in [1.807, 2.05) is 56.5 Å². The molecule has 30 heavy (non-hydrogen) atoms. The number of rotatable bonds is 4. The van der Waals surface area contributed by atoms with Gasteiger partial charge < -0.3 is 4.90 Å². The third-order valence-corrected chi connectivity index (χ3v) is 6.68. The molecule has 5 rings (SSSR count). The van der Waals surface area contributed by atoms with Crippen molar-refractivity contribution in [1.29, 1.82) is 0 Å². The molecule has 1 aromatic carbocycles. The summed E-state index contributed by atoms with van der Waals surface area (Å²) in [5.41, 5.74) is 2.63. The largest absolute Gasteiger partial charge is 0.340 e. The molecule has 1 saturated heterocycles. The summed E-state index contributed by atoms with van der Waals surface area (Å²) in [5, 5.41) is 0. The highest BCUT2D eigenvalue weighted by Gasteiger charge is 2.32. The van der Waals surface area contributed by atoms with E-state index >= 15 is 0 Å². The molecular formula is C24H28N4O2. The predicted molar refractivity (Wildman–Crippen MR) is 116 cm³/mol. The number of piperidine rings is 1. The van der Waals surface area contributed by atoms with Gasteiger partial charge in [0.25, 0.3) is 0 Å². The maximum Gasteiger partial charge on any atom is 0.330 e. The summed E-state index contributed by atoms with van der Waals surface area (Å²) in [6.07, 6.45) is 7.91. The lowest BCUT2D eigenvalue weighted by molar-refractivity contribution is -0.137. The van der Waals surface area contributed by atoms with Crippen LogP contribution < -0.4 is 5.69 Å². The second kappa shape index (κ2) is 8.09. The molecular weight excluding hydrogens is 376 g/mol. The van der Waals surface area contributed by atoms with Crippen molar-refractivity contribution >= 4 is 17.1 Å². The van der Waals surface area contributed by atoms with Crippen molar-refractivity contribution in [2.75, 3.05) is 13.1 Å². The van der Waals surface area contributed by atoms with Crippen LogP contribution in [0.1, 0.15) is 50.1 Å². The van der Waals surface area contributed by atoms with E-state index in [-0.39, 0.29) is 23.6 Å². The monoisotopic (exact) mass is 404 g/mol.